The first-order chi connectivity index (χ1) is 13.2. The average Bonchev–Trinajstić information content (AvgIpc) is 2.71. The van der Waals surface area contributed by atoms with Gasteiger partial charge in [-0.25, -0.2) is 0 Å². The van der Waals surface area contributed by atoms with Gasteiger partial charge in [0.05, 0.1) is 18.1 Å². The highest BCUT2D eigenvalue weighted by Crippen LogP contribution is 2.17. The third-order valence-corrected chi connectivity index (χ3v) is 5.05. The molecular weight excluding hydrogens is 362 g/mol. The number of amides is 1. The molecule has 1 fully saturated rings. The predicted octanol–water partition coefficient (Wildman–Crippen LogP) is 2.98. The number of carbonyl (C=O) groups is 1. The average molecular weight is 384 g/mol. The van der Waals surface area contributed by atoms with Crippen LogP contribution in [-0.4, -0.2) is 55.0 Å². The van der Waals surface area contributed by atoms with Crippen molar-refractivity contribution in [3.8, 4) is 11.8 Å². The Morgan fingerprint density at radius 2 is 1.78 bits per heavy atom. The number of hydrogen-bond donors (Lipinski definition) is 0. The molecule has 0 atom stereocenters. The van der Waals surface area contributed by atoms with E-state index in [0.717, 1.165) is 44.0 Å². The van der Waals surface area contributed by atoms with E-state index in [1.165, 1.54) is 0 Å². The van der Waals surface area contributed by atoms with Gasteiger partial charge in [-0.3, -0.25) is 9.69 Å². The number of piperazine rings is 1. The molecular formula is C21H22ClN3O2. The van der Waals surface area contributed by atoms with Crippen LogP contribution in [0, 0.1) is 11.3 Å². The lowest BCUT2D eigenvalue weighted by Crippen LogP contribution is -2.49. The Labute approximate surface area is 164 Å². The summed E-state index contributed by atoms with van der Waals surface area (Å²) in [5, 5.41) is 9.44. The number of hydrogen-bond acceptors (Lipinski definition) is 4. The van der Waals surface area contributed by atoms with Crippen LogP contribution in [0.5, 0.6) is 5.75 Å². The van der Waals surface area contributed by atoms with Gasteiger partial charge >= 0.3 is 0 Å². The largest absolute Gasteiger partial charge is 0.492 e. The predicted molar refractivity (Wildman–Crippen MR) is 105 cm³/mol. The molecule has 1 aliphatic heterocycles. The van der Waals surface area contributed by atoms with E-state index in [9.17, 15) is 4.79 Å². The van der Waals surface area contributed by atoms with Crippen LogP contribution < -0.4 is 4.74 Å². The van der Waals surface area contributed by atoms with Crippen LogP contribution in [0.15, 0.2) is 48.5 Å². The highest BCUT2D eigenvalue weighted by atomic mass is 35.5. The van der Waals surface area contributed by atoms with Crippen LogP contribution in [0.1, 0.15) is 11.1 Å². The first-order valence-electron chi connectivity index (χ1n) is 9.02. The second-order valence-electron chi connectivity index (χ2n) is 6.48. The molecule has 0 unspecified atom stereocenters. The lowest BCUT2D eigenvalue weighted by atomic mass is 10.1. The molecule has 0 spiro atoms. The summed E-state index contributed by atoms with van der Waals surface area (Å²) in [6, 6.07) is 16.7. The van der Waals surface area contributed by atoms with E-state index in [1.807, 2.05) is 41.3 Å². The molecule has 0 aliphatic carbocycles. The first kappa shape index (κ1) is 19.2. The Morgan fingerprint density at radius 1 is 1.07 bits per heavy atom. The Bertz CT molecular complexity index is 809. The van der Waals surface area contributed by atoms with Gasteiger partial charge in [-0.15, -0.1) is 0 Å². The number of benzene rings is 2. The highest BCUT2D eigenvalue weighted by Gasteiger charge is 2.21. The molecule has 0 bridgehead atoms. The van der Waals surface area contributed by atoms with Crippen molar-refractivity contribution in [2.45, 2.75) is 6.42 Å². The van der Waals surface area contributed by atoms with Crippen molar-refractivity contribution < 1.29 is 9.53 Å². The molecule has 0 aromatic heterocycles. The van der Waals surface area contributed by atoms with Crippen molar-refractivity contribution in [1.82, 2.24) is 9.80 Å². The molecule has 2 aromatic rings. The molecule has 6 heteroatoms. The van der Waals surface area contributed by atoms with E-state index < -0.39 is 0 Å². The SMILES string of the molecule is N#Cc1ccc(OCCN2CCN(C(=O)Cc3ccccc3Cl)CC2)cc1. The van der Waals surface area contributed by atoms with E-state index in [1.54, 1.807) is 12.1 Å². The molecule has 2 aromatic carbocycles. The van der Waals surface area contributed by atoms with Gasteiger partial charge in [-0.1, -0.05) is 29.8 Å². The molecule has 1 aliphatic rings. The lowest BCUT2D eigenvalue weighted by molar-refractivity contribution is -0.132. The van der Waals surface area contributed by atoms with Gasteiger partial charge in [0.2, 0.25) is 5.91 Å². The normalized spacial score (nSPS) is 14.6. The molecule has 140 valence electrons. The molecule has 1 amide bonds. The lowest BCUT2D eigenvalue weighted by Gasteiger charge is -2.34. The smallest absolute Gasteiger partial charge is 0.227 e. The minimum absolute atomic E-state index is 0.122. The number of ether oxygens (including phenoxy) is 1. The van der Waals surface area contributed by atoms with E-state index in [4.69, 9.17) is 21.6 Å². The summed E-state index contributed by atoms with van der Waals surface area (Å²) in [6.45, 7) is 4.52. The highest BCUT2D eigenvalue weighted by molar-refractivity contribution is 6.31. The molecule has 3 rings (SSSR count). The van der Waals surface area contributed by atoms with Crippen molar-refractivity contribution in [3.05, 3.63) is 64.7 Å². The third-order valence-electron chi connectivity index (χ3n) is 4.68. The van der Waals surface area contributed by atoms with E-state index >= 15 is 0 Å². The van der Waals surface area contributed by atoms with Crippen molar-refractivity contribution in [2.75, 3.05) is 39.3 Å². The minimum Gasteiger partial charge on any atom is -0.492 e. The van der Waals surface area contributed by atoms with Crippen LogP contribution in [0.2, 0.25) is 5.02 Å². The van der Waals surface area contributed by atoms with Gasteiger partial charge in [0, 0.05) is 37.7 Å². The second kappa shape index (κ2) is 9.40. The topological polar surface area (TPSA) is 56.6 Å². The van der Waals surface area contributed by atoms with E-state index in [-0.39, 0.29) is 5.91 Å². The fraction of sp³-hybridized carbons (Fsp3) is 0.333. The van der Waals surface area contributed by atoms with Gasteiger partial charge in [-0.2, -0.15) is 5.26 Å². The van der Waals surface area contributed by atoms with Gasteiger partial charge in [0.25, 0.3) is 0 Å². The Hall–Kier alpha value is -2.55. The minimum atomic E-state index is 0.122. The number of rotatable bonds is 6. The van der Waals surface area contributed by atoms with Gasteiger partial charge in [0.1, 0.15) is 12.4 Å². The van der Waals surface area contributed by atoms with Crippen LogP contribution in [0.25, 0.3) is 0 Å². The summed E-state index contributed by atoms with van der Waals surface area (Å²) in [4.78, 5) is 16.7. The summed E-state index contributed by atoms with van der Waals surface area (Å²) >= 11 is 6.15. The Kier molecular flexibility index (Phi) is 6.69. The van der Waals surface area contributed by atoms with Crippen molar-refractivity contribution in [2.24, 2.45) is 0 Å². The van der Waals surface area contributed by atoms with Crippen LogP contribution in [0.3, 0.4) is 0 Å². The maximum Gasteiger partial charge on any atom is 0.227 e. The number of carbonyl (C=O) groups excluding carboxylic acids is 1. The fourth-order valence-corrected chi connectivity index (χ4v) is 3.26. The van der Waals surface area contributed by atoms with E-state index in [0.29, 0.717) is 23.6 Å². The zero-order valence-corrected chi connectivity index (χ0v) is 15.9. The molecule has 0 saturated carbocycles. The van der Waals surface area contributed by atoms with Crippen molar-refractivity contribution >= 4 is 17.5 Å². The number of nitriles is 1. The fourth-order valence-electron chi connectivity index (χ4n) is 3.06. The monoisotopic (exact) mass is 383 g/mol. The van der Waals surface area contributed by atoms with Gasteiger partial charge in [0.15, 0.2) is 0 Å². The van der Waals surface area contributed by atoms with E-state index in [2.05, 4.69) is 11.0 Å². The zero-order chi connectivity index (χ0) is 19.1. The molecule has 1 saturated heterocycles. The van der Waals surface area contributed by atoms with Crippen LogP contribution in [-0.2, 0) is 11.2 Å². The molecule has 0 N–H and O–H groups in total. The summed E-state index contributed by atoms with van der Waals surface area (Å²) in [5.41, 5.74) is 1.50. The molecule has 0 radical (unpaired) electrons. The first-order valence-corrected chi connectivity index (χ1v) is 9.40. The molecule has 5 nitrogen and oxygen atoms in total. The molecule has 1 heterocycles. The Balaban J connectivity index is 1.39. The van der Waals surface area contributed by atoms with Gasteiger partial charge in [-0.05, 0) is 35.9 Å². The zero-order valence-electron chi connectivity index (χ0n) is 15.1. The molecule has 27 heavy (non-hydrogen) atoms. The standard InChI is InChI=1S/C21H22ClN3O2/c22-20-4-2-1-3-18(20)15-21(26)25-11-9-24(10-12-25)13-14-27-19-7-5-17(16-23)6-8-19/h1-8H,9-15H2. The second-order valence-corrected chi connectivity index (χ2v) is 6.88. The van der Waals surface area contributed by atoms with Crippen LogP contribution >= 0.6 is 11.6 Å². The number of halogens is 1. The van der Waals surface area contributed by atoms with Crippen molar-refractivity contribution in [3.63, 3.8) is 0 Å². The van der Waals surface area contributed by atoms with Gasteiger partial charge < -0.3 is 9.64 Å². The number of nitrogens with zero attached hydrogens (tertiary/aromatic N) is 3. The third kappa shape index (κ3) is 5.46. The quantitative estimate of drug-likeness (QED) is 0.769. The van der Waals surface area contributed by atoms with Crippen LogP contribution in [0.4, 0.5) is 0 Å². The summed E-state index contributed by atoms with van der Waals surface area (Å²) in [7, 11) is 0. The summed E-state index contributed by atoms with van der Waals surface area (Å²) < 4.78 is 5.73. The maximum absolute atomic E-state index is 12.5. The summed E-state index contributed by atoms with van der Waals surface area (Å²) in [6.07, 6.45) is 0.349. The summed E-state index contributed by atoms with van der Waals surface area (Å²) in [5.74, 6) is 0.888. The maximum atomic E-state index is 12.5. The Morgan fingerprint density at radius 3 is 2.44 bits per heavy atom. The van der Waals surface area contributed by atoms with Crippen molar-refractivity contribution in [1.29, 1.82) is 5.26 Å².